The standard InChI is InChI=1S/C14H18N4S/c1-13(2)11(14(13,3)4)18-10(16-17-12(18)19)9-6-5-7-15-8-9/h5-8,11H,1-4H3,(H,17,19). The number of nitrogens with zero attached hydrogens (tertiary/aromatic N) is 3. The topological polar surface area (TPSA) is 46.5 Å². The molecule has 0 spiro atoms. The molecule has 0 amide bonds. The fourth-order valence-electron chi connectivity index (χ4n) is 3.05. The summed E-state index contributed by atoms with van der Waals surface area (Å²) in [5.74, 6) is 0.877. The van der Waals surface area contributed by atoms with Crippen molar-refractivity contribution in [2.45, 2.75) is 33.7 Å². The molecule has 0 unspecified atom stereocenters. The van der Waals surface area contributed by atoms with E-state index in [0.29, 0.717) is 10.8 Å². The molecule has 2 aromatic heterocycles. The summed E-state index contributed by atoms with van der Waals surface area (Å²) in [6, 6.07) is 4.29. The monoisotopic (exact) mass is 274 g/mol. The highest BCUT2D eigenvalue weighted by Gasteiger charge is 2.66. The van der Waals surface area contributed by atoms with Gasteiger partial charge in [0.2, 0.25) is 0 Å². The van der Waals surface area contributed by atoms with Gasteiger partial charge < -0.3 is 0 Å². The van der Waals surface area contributed by atoms with Gasteiger partial charge in [0.15, 0.2) is 10.6 Å². The van der Waals surface area contributed by atoms with Crippen LogP contribution in [-0.2, 0) is 0 Å². The third-order valence-corrected chi connectivity index (χ3v) is 5.11. The molecule has 2 aromatic rings. The van der Waals surface area contributed by atoms with E-state index in [1.165, 1.54) is 0 Å². The van der Waals surface area contributed by atoms with Gasteiger partial charge in [-0.1, -0.05) is 27.7 Å². The van der Waals surface area contributed by atoms with Gasteiger partial charge >= 0.3 is 0 Å². The Morgan fingerprint density at radius 3 is 2.47 bits per heavy atom. The number of aromatic amines is 1. The van der Waals surface area contributed by atoms with Crippen molar-refractivity contribution >= 4 is 12.2 Å². The lowest BCUT2D eigenvalue weighted by molar-refractivity contribution is 0.457. The average Bonchev–Trinajstić information content (AvgIpc) is 2.64. The number of pyridine rings is 1. The number of hydrogen-bond donors (Lipinski definition) is 1. The maximum Gasteiger partial charge on any atom is 0.195 e. The minimum absolute atomic E-state index is 0.214. The number of aromatic nitrogens is 4. The Morgan fingerprint density at radius 2 is 1.95 bits per heavy atom. The zero-order valence-corrected chi connectivity index (χ0v) is 12.5. The van der Waals surface area contributed by atoms with Crippen LogP contribution >= 0.6 is 12.2 Å². The van der Waals surface area contributed by atoms with Crippen LogP contribution in [0.4, 0.5) is 0 Å². The first-order valence-electron chi connectivity index (χ1n) is 6.44. The van der Waals surface area contributed by atoms with Crippen molar-refractivity contribution in [2.75, 3.05) is 0 Å². The fourth-order valence-corrected chi connectivity index (χ4v) is 3.29. The zero-order valence-electron chi connectivity index (χ0n) is 11.6. The molecule has 0 bridgehead atoms. The smallest absolute Gasteiger partial charge is 0.195 e. The third kappa shape index (κ3) is 1.61. The van der Waals surface area contributed by atoms with Crippen molar-refractivity contribution in [1.82, 2.24) is 19.7 Å². The molecule has 1 fully saturated rings. The zero-order chi connectivity index (χ0) is 13.8. The van der Waals surface area contributed by atoms with E-state index in [1.807, 2.05) is 18.3 Å². The molecule has 1 aliphatic carbocycles. The van der Waals surface area contributed by atoms with E-state index in [1.54, 1.807) is 6.20 Å². The van der Waals surface area contributed by atoms with Crippen LogP contribution in [0.3, 0.4) is 0 Å². The molecule has 0 saturated heterocycles. The predicted molar refractivity (Wildman–Crippen MR) is 77.2 cm³/mol. The summed E-state index contributed by atoms with van der Waals surface area (Å²) in [4.78, 5) is 4.16. The lowest BCUT2D eigenvalue weighted by Crippen LogP contribution is -2.03. The number of hydrogen-bond acceptors (Lipinski definition) is 3. The Hall–Kier alpha value is -1.49. The van der Waals surface area contributed by atoms with Crippen molar-refractivity contribution in [3.63, 3.8) is 0 Å². The van der Waals surface area contributed by atoms with Crippen molar-refractivity contribution in [3.05, 3.63) is 29.3 Å². The minimum Gasteiger partial charge on any atom is -0.296 e. The van der Waals surface area contributed by atoms with E-state index in [0.717, 1.165) is 11.4 Å². The molecule has 19 heavy (non-hydrogen) atoms. The SMILES string of the molecule is CC1(C)C(n2c(-c3cccnc3)n[nH]c2=S)C1(C)C. The molecule has 0 aromatic carbocycles. The quantitative estimate of drug-likeness (QED) is 0.851. The van der Waals surface area contributed by atoms with Crippen LogP contribution in [0.25, 0.3) is 11.4 Å². The Bertz CT molecular complexity index is 652. The second-order valence-electron chi connectivity index (χ2n) is 6.31. The van der Waals surface area contributed by atoms with Crippen molar-refractivity contribution in [3.8, 4) is 11.4 Å². The summed E-state index contributed by atoms with van der Waals surface area (Å²) in [6.07, 6.45) is 3.59. The Morgan fingerprint density at radius 1 is 1.26 bits per heavy atom. The van der Waals surface area contributed by atoms with Crippen molar-refractivity contribution < 1.29 is 0 Å². The van der Waals surface area contributed by atoms with Crippen LogP contribution in [0.5, 0.6) is 0 Å². The van der Waals surface area contributed by atoms with Crippen molar-refractivity contribution in [1.29, 1.82) is 0 Å². The molecule has 1 N–H and O–H groups in total. The largest absolute Gasteiger partial charge is 0.296 e. The van der Waals surface area contributed by atoms with E-state index in [2.05, 4.69) is 47.4 Å². The van der Waals surface area contributed by atoms with Gasteiger partial charge in [0.25, 0.3) is 0 Å². The van der Waals surface area contributed by atoms with E-state index in [-0.39, 0.29) is 10.8 Å². The van der Waals surface area contributed by atoms with Crippen molar-refractivity contribution in [2.24, 2.45) is 10.8 Å². The summed E-state index contributed by atoms with van der Waals surface area (Å²) < 4.78 is 2.83. The maximum atomic E-state index is 5.42. The Labute approximate surface area is 117 Å². The summed E-state index contributed by atoms with van der Waals surface area (Å²) in [5, 5.41) is 7.30. The van der Waals surface area contributed by atoms with Gasteiger partial charge in [-0.3, -0.25) is 14.6 Å². The van der Waals surface area contributed by atoms with Gasteiger partial charge in [-0.25, -0.2) is 0 Å². The van der Waals surface area contributed by atoms with Crippen LogP contribution in [0.15, 0.2) is 24.5 Å². The minimum atomic E-state index is 0.214. The number of nitrogens with one attached hydrogen (secondary N) is 1. The summed E-state index contributed by atoms with van der Waals surface area (Å²) in [5.41, 5.74) is 1.42. The normalized spacial score (nSPS) is 20.4. The molecule has 0 radical (unpaired) electrons. The molecule has 2 heterocycles. The molecule has 3 rings (SSSR count). The molecule has 1 saturated carbocycles. The van der Waals surface area contributed by atoms with E-state index in [9.17, 15) is 0 Å². The van der Waals surface area contributed by atoms with Crippen LogP contribution in [0.1, 0.15) is 33.7 Å². The number of H-pyrrole nitrogens is 1. The molecule has 4 nitrogen and oxygen atoms in total. The van der Waals surface area contributed by atoms with E-state index in [4.69, 9.17) is 12.2 Å². The second-order valence-corrected chi connectivity index (χ2v) is 6.70. The van der Waals surface area contributed by atoms with Crippen LogP contribution in [-0.4, -0.2) is 19.7 Å². The lowest BCUT2D eigenvalue weighted by atomic mass is 10.0. The van der Waals surface area contributed by atoms with Crippen LogP contribution < -0.4 is 0 Å². The molecule has 1 aliphatic rings. The van der Waals surface area contributed by atoms with E-state index < -0.39 is 0 Å². The molecule has 0 aliphatic heterocycles. The van der Waals surface area contributed by atoms with Gasteiger partial charge in [0, 0.05) is 24.0 Å². The average molecular weight is 274 g/mol. The molecule has 5 heteroatoms. The molecule has 100 valence electrons. The Kier molecular flexibility index (Phi) is 2.48. The molecule has 0 atom stereocenters. The maximum absolute atomic E-state index is 5.42. The summed E-state index contributed by atoms with van der Waals surface area (Å²) in [7, 11) is 0. The first kappa shape index (κ1) is 12.5. The highest BCUT2D eigenvalue weighted by atomic mass is 32.1. The predicted octanol–water partition coefficient (Wildman–Crippen LogP) is 3.61. The first-order valence-corrected chi connectivity index (χ1v) is 6.85. The lowest BCUT2D eigenvalue weighted by Gasteiger charge is -2.08. The van der Waals surface area contributed by atoms with Crippen LogP contribution in [0, 0.1) is 15.6 Å². The van der Waals surface area contributed by atoms with Gasteiger partial charge in [-0.15, -0.1) is 0 Å². The third-order valence-electron chi connectivity index (χ3n) is 4.83. The van der Waals surface area contributed by atoms with E-state index >= 15 is 0 Å². The second kappa shape index (κ2) is 3.76. The summed E-state index contributed by atoms with van der Waals surface area (Å²) in [6.45, 7) is 9.11. The fraction of sp³-hybridized carbons (Fsp3) is 0.500. The Balaban J connectivity index is 2.15. The van der Waals surface area contributed by atoms with Gasteiger partial charge in [0.05, 0.1) is 0 Å². The molecular weight excluding hydrogens is 256 g/mol. The van der Waals surface area contributed by atoms with Crippen LogP contribution in [0.2, 0.25) is 0 Å². The van der Waals surface area contributed by atoms with Gasteiger partial charge in [0.1, 0.15) is 0 Å². The molecular formula is C14H18N4S. The highest BCUT2D eigenvalue weighted by molar-refractivity contribution is 7.71. The van der Waals surface area contributed by atoms with Gasteiger partial charge in [-0.05, 0) is 35.2 Å². The summed E-state index contributed by atoms with van der Waals surface area (Å²) >= 11 is 5.42. The first-order chi connectivity index (χ1) is 8.87. The van der Waals surface area contributed by atoms with Gasteiger partial charge in [-0.2, -0.15) is 5.10 Å². The number of rotatable bonds is 2. The highest BCUT2D eigenvalue weighted by Crippen LogP contribution is 2.71.